The van der Waals surface area contributed by atoms with Crippen LogP contribution in [-0.2, 0) is 0 Å². The summed E-state index contributed by atoms with van der Waals surface area (Å²) in [5, 5.41) is 3.27. The number of hydrogen-bond acceptors (Lipinski definition) is 3. The van der Waals surface area contributed by atoms with Gasteiger partial charge in [-0.05, 0) is 32.5 Å². The van der Waals surface area contributed by atoms with Crippen LogP contribution in [0.3, 0.4) is 0 Å². The third-order valence-electron chi connectivity index (χ3n) is 4.74. The number of halogens is 1. The van der Waals surface area contributed by atoms with Gasteiger partial charge in [0.2, 0.25) is 0 Å². The lowest BCUT2D eigenvalue weighted by molar-refractivity contribution is 0.0968. The highest BCUT2D eigenvalue weighted by Gasteiger charge is 2.31. The highest BCUT2D eigenvalue weighted by atomic mass is 19.1. The van der Waals surface area contributed by atoms with Crippen molar-refractivity contribution in [2.45, 2.75) is 24.9 Å². The molecule has 2 aliphatic heterocycles. The Morgan fingerprint density at radius 3 is 2.95 bits per heavy atom. The van der Waals surface area contributed by atoms with E-state index in [2.05, 4.69) is 15.1 Å². The smallest absolute Gasteiger partial charge is 0.128 e. The van der Waals surface area contributed by atoms with Gasteiger partial charge in [-0.2, -0.15) is 0 Å². The molecule has 20 heavy (non-hydrogen) atoms. The van der Waals surface area contributed by atoms with Crippen LogP contribution in [0.4, 0.5) is 4.39 Å². The molecule has 1 aromatic carbocycles. The Morgan fingerprint density at radius 2 is 2.15 bits per heavy atom. The van der Waals surface area contributed by atoms with Gasteiger partial charge < -0.3 is 5.32 Å². The fraction of sp³-hybridized carbons (Fsp3) is 0.625. The second-order valence-electron chi connectivity index (χ2n) is 5.95. The van der Waals surface area contributed by atoms with Gasteiger partial charge >= 0.3 is 0 Å². The summed E-state index contributed by atoms with van der Waals surface area (Å²) in [6, 6.07) is 7.91. The predicted molar refractivity (Wildman–Crippen MR) is 79.2 cm³/mol. The van der Waals surface area contributed by atoms with Crippen molar-refractivity contribution < 1.29 is 4.39 Å². The van der Waals surface area contributed by atoms with E-state index in [-0.39, 0.29) is 11.9 Å². The fourth-order valence-electron chi connectivity index (χ4n) is 3.58. The molecule has 2 saturated heterocycles. The normalized spacial score (nSPS) is 25.6. The van der Waals surface area contributed by atoms with E-state index in [1.165, 1.54) is 25.9 Å². The van der Waals surface area contributed by atoms with Crippen molar-refractivity contribution in [3.05, 3.63) is 35.6 Å². The highest BCUT2D eigenvalue weighted by molar-refractivity contribution is 5.21. The van der Waals surface area contributed by atoms with E-state index >= 15 is 0 Å². The maximum Gasteiger partial charge on any atom is 0.128 e. The number of hydrogen-bond donors (Lipinski definition) is 1. The minimum Gasteiger partial charge on any atom is -0.312 e. The third kappa shape index (κ3) is 2.87. The Balaban J connectivity index is 1.65. The van der Waals surface area contributed by atoms with Crippen molar-refractivity contribution in [2.24, 2.45) is 0 Å². The molecule has 2 fully saturated rings. The van der Waals surface area contributed by atoms with Gasteiger partial charge in [0, 0.05) is 43.8 Å². The lowest BCUT2D eigenvalue weighted by Crippen LogP contribution is -2.51. The SMILES string of the molecule is CNC(CN1CCN2CCCC2C1)c1ccccc1F. The van der Waals surface area contributed by atoms with E-state index in [9.17, 15) is 4.39 Å². The first-order chi connectivity index (χ1) is 9.78. The first-order valence-corrected chi connectivity index (χ1v) is 7.66. The first-order valence-electron chi connectivity index (χ1n) is 7.66. The van der Waals surface area contributed by atoms with Gasteiger partial charge in [0.15, 0.2) is 0 Å². The largest absolute Gasteiger partial charge is 0.312 e. The van der Waals surface area contributed by atoms with Crippen LogP contribution in [0.15, 0.2) is 24.3 Å². The first kappa shape index (κ1) is 14.0. The lowest BCUT2D eigenvalue weighted by Gasteiger charge is -2.39. The van der Waals surface area contributed by atoms with Crippen molar-refractivity contribution in [1.82, 2.24) is 15.1 Å². The Hall–Kier alpha value is -0.970. The molecule has 1 aromatic rings. The maximum atomic E-state index is 13.9. The number of piperazine rings is 1. The molecule has 0 aliphatic carbocycles. The molecule has 0 radical (unpaired) electrons. The molecule has 2 atom stereocenters. The van der Waals surface area contributed by atoms with Crippen LogP contribution in [0, 0.1) is 5.82 Å². The zero-order valence-corrected chi connectivity index (χ0v) is 12.2. The van der Waals surface area contributed by atoms with Crippen LogP contribution in [0.5, 0.6) is 0 Å². The van der Waals surface area contributed by atoms with Gasteiger partial charge in [0.1, 0.15) is 5.82 Å². The second-order valence-corrected chi connectivity index (χ2v) is 5.95. The molecule has 0 spiro atoms. The van der Waals surface area contributed by atoms with Gasteiger partial charge in [-0.25, -0.2) is 4.39 Å². The molecule has 0 aromatic heterocycles. The molecule has 4 heteroatoms. The molecule has 0 bridgehead atoms. The average molecular weight is 277 g/mol. The molecule has 0 amide bonds. The molecule has 3 rings (SSSR count). The predicted octanol–water partition coefficient (Wildman–Crippen LogP) is 1.87. The number of nitrogens with one attached hydrogen (secondary N) is 1. The van der Waals surface area contributed by atoms with Crippen LogP contribution in [0.2, 0.25) is 0 Å². The summed E-state index contributed by atoms with van der Waals surface area (Å²) in [5.74, 6) is -0.105. The van der Waals surface area contributed by atoms with Crippen LogP contribution < -0.4 is 5.32 Å². The summed E-state index contributed by atoms with van der Waals surface area (Å²) in [4.78, 5) is 5.09. The van der Waals surface area contributed by atoms with Crippen molar-refractivity contribution in [2.75, 3.05) is 39.8 Å². The lowest BCUT2D eigenvalue weighted by atomic mass is 10.0. The zero-order chi connectivity index (χ0) is 13.9. The van der Waals surface area contributed by atoms with E-state index in [0.717, 1.165) is 31.2 Å². The highest BCUT2D eigenvalue weighted by Crippen LogP contribution is 2.24. The summed E-state index contributed by atoms with van der Waals surface area (Å²) in [5.41, 5.74) is 0.781. The molecular weight excluding hydrogens is 253 g/mol. The summed E-state index contributed by atoms with van der Waals surface area (Å²) in [6.45, 7) is 5.55. The number of benzene rings is 1. The van der Waals surface area contributed by atoms with Crippen LogP contribution >= 0.6 is 0 Å². The summed E-state index contributed by atoms with van der Waals surface area (Å²) in [6.07, 6.45) is 2.65. The molecule has 0 saturated carbocycles. The van der Waals surface area contributed by atoms with Gasteiger partial charge in [-0.15, -0.1) is 0 Å². The standard InChI is InChI=1S/C16H24FN3/c1-18-16(14-6-2-3-7-15(14)17)12-19-9-10-20-8-4-5-13(20)11-19/h2-3,6-7,13,16,18H,4-5,8-12H2,1H3. The van der Waals surface area contributed by atoms with Gasteiger partial charge in [0.05, 0.1) is 0 Å². The van der Waals surface area contributed by atoms with Gasteiger partial charge in [-0.1, -0.05) is 18.2 Å². The molecule has 2 heterocycles. The summed E-state index contributed by atoms with van der Waals surface area (Å²) in [7, 11) is 1.92. The molecular formula is C16H24FN3. The van der Waals surface area contributed by atoms with Gasteiger partial charge in [-0.3, -0.25) is 9.80 Å². The number of rotatable bonds is 4. The van der Waals surface area contributed by atoms with Crippen LogP contribution in [-0.4, -0.2) is 55.6 Å². The fourth-order valence-corrected chi connectivity index (χ4v) is 3.58. The monoisotopic (exact) mass is 277 g/mol. The van der Waals surface area contributed by atoms with E-state index < -0.39 is 0 Å². The molecule has 2 aliphatic rings. The number of fused-ring (bicyclic) bond motifs is 1. The van der Waals surface area contributed by atoms with Gasteiger partial charge in [0.25, 0.3) is 0 Å². The third-order valence-corrected chi connectivity index (χ3v) is 4.74. The van der Waals surface area contributed by atoms with Crippen LogP contribution in [0.25, 0.3) is 0 Å². The molecule has 2 unspecified atom stereocenters. The zero-order valence-electron chi connectivity index (χ0n) is 12.2. The molecule has 3 nitrogen and oxygen atoms in total. The minimum absolute atomic E-state index is 0.0733. The van der Waals surface area contributed by atoms with Crippen molar-refractivity contribution >= 4 is 0 Å². The average Bonchev–Trinajstić information content (AvgIpc) is 2.93. The van der Waals surface area contributed by atoms with Crippen LogP contribution in [0.1, 0.15) is 24.4 Å². The Morgan fingerprint density at radius 1 is 1.30 bits per heavy atom. The number of likely N-dealkylation sites (N-methyl/N-ethyl adjacent to an activating group) is 1. The molecule has 110 valence electrons. The van der Waals surface area contributed by atoms with E-state index in [1.54, 1.807) is 12.1 Å². The summed E-state index contributed by atoms with van der Waals surface area (Å²) < 4.78 is 13.9. The topological polar surface area (TPSA) is 18.5 Å². The number of nitrogens with zero attached hydrogens (tertiary/aromatic N) is 2. The Labute approximate surface area is 120 Å². The quantitative estimate of drug-likeness (QED) is 0.906. The molecule has 1 N–H and O–H groups in total. The Kier molecular flexibility index (Phi) is 4.34. The van der Waals surface area contributed by atoms with E-state index in [1.807, 2.05) is 19.2 Å². The van der Waals surface area contributed by atoms with E-state index in [4.69, 9.17) is 0 Å². The Bertz CT molecular complexity index is 451. The van der Waals surface area contributed by atoms with Crippen molar-refractivity contribution in [1.29, 1.82) is 0 Å². The minimum atomic E-state index is -0.105. The van der Waals surface area contributed by atoms with E-state index in [0.29, 0.717) is 0 Å². The second kappa shape index (κ2) is 6.20. The maximum absolute atomic E-state index is 13.9. The van der Waals surface area contributed by atoms with Crippen molar-refractivity contribution in [3.8, 4) is 0 Å². The summed E-state index contributed by atoms with van der Waals surface area (Å²) >= 11 is 0. The van der Waals surface area contributed by atoms with Crippen molar-refractivity contribution in [3.63, 3.8) is 0 Å².